The Kier molecular flexibility index (Phi) is 6.77. The second-order valence-electron chi connectivity index (χ2n) is 6.19. The zero-order chi connectivity index (χ0) is 18.3. The Hall–Kier alpha value is -2.13. The second-order valence-corrected chi connectivity index (χ2v) is 6.19. The number of carbonyl (C=O) groups is 2. The summed E-state index contributed by atoms with van der Waals surface area (Å²) in [6, 6.07) is 9.03. The number of nitrogens with one attached hydrogen (secondary N) is 4. The van der Waals surface area contributed by atoms with Crippen LogP contribution in [0, 0.1) is 0 Å². The average Bonchev–Trinajstić information content (AvgIpc) is 2.55. The number of amides is 3. The van der Waals surface area contributed by atoms with E-state index in [4.69, 9.17) is 0 Å². The molecule has 0 bridgehead atoms. The van der Waals surface area contributed by atoms with Crippen molar-refractivity contribution in [1.29, 1.82) is 0 Å². The predicted molar refractivity (Wildman–Crippen MR) is 84.0 cm³/mol. The van der Waals surface area contributed by atoms with Crippen molar-refractivity contribution in [3.63, 3.8) is 0 Å². The van der Waals surface area contributed by atoms with Gasteiger partial charge in [-0.05, 0) is 0 Å². The fourth-order valence-electron chi connectivity index (χ4n) is 2.82. The minimum atomic E-state index is -4.50. The third-order valence-corrected chi connectivity index (χ3v) is 4.07. The van der Waals surface area contributed by atoms with E-state index in [1.807, 2.05) is 23.5 Å². The number of carbonyl (C=O) groups excluding carboxylic acids is 2. The van der Waals surface area contributed by atoms with Crippen molar-refractivity contribution in [3.8, 4) is 0 Å². The molecule has 1 aromatic carbocycles. The quantitative estimate of drug-likeness (QED) is 0.509. The molecule has 1 aromatic rings. The first-order valence-corrected chi connectivity index (χ1v) is 8.17. The Bertz CT molecular complexity index is 572. The lowest BCUT2D eigenvalue weighted by atomic mass is 10.2. The van der Waals surface area contributed by atoms with E-state index in [0.717, 1.165) is 37.6 Å². The Labute approximate surface area is 144 Å². The lowest BCUT2D eigenvalue weighted by Gasteiger charge is -2.29. The van der Waals surface area contributed by atoms with E-state index in [2.05, 4.69) is 12.1 Å². The van der Waals surface area contributed by atoms with E-state index in [9.17, 15) is 22.8 Å². The fourth-order valence-corrected chi connectivity index (χ4v) is 2.82. The van der Waals surface area contributed by atoms with E-state index in [1.165, 1.54) is 10.5 Å². The molecule has 3 amide bonds. The van der Waals surface area contributed by atoms with Gasteiger partial charge in [0.05, 0.1) is 0 Å². The molecule has 1 aliphatic rings. The van der Waals surface area contributed by atoms with Crippen molar-refractivity contribution >= 4 is 11.9 Å². The van der Waals surface area contributed by atoms with Gasteiger partial charge in [-0.15, -0.1) is 0 Å². The normalized spacial score (nSPS) is 20.8. The van der Waals surface area contributed by atoms with Gasteiger partial charge in [-0.1, -0.05) is 30.3 Å². The Balaban J connectivity index is 1.65. The molecule has 4 N–H and O–H groups in total. The van der Waals surface area contributed by atoms with Crippen molar-refractivity contribution in [2.75, 3.05) is 39.3 Å². The molecular weight excluding hydrogens is 337 g/mol. The molecule has 0 atom stereocenters. The average molecular weight is 360 g/mol. The zero-order valence-electron chi connectivity index (χ0n) is 13.8. The summed E-state index contributed by atoms with van der Waals surface area (Å²) in [5.41, 5.74) is 1.26. The van der Waals surface area contributed by atoms with Crippen molar-refractivity contribution in [3.05, 3.63) is 35.9 Å². The summed E-state index contributed by atoms with van der Waals surface area (Å²) in [5, 5.41) is 3.55. The first-order valence-electron chi connectivity index (χ1n) is 8.17. The lowest BCUT2D eigenvalue weighted by molar-refractivity contribution is -1.02. The minimum Gasteiger partial charge on any atom is -0.329 e. The van der Waals surface area contributed by atoms with Crippen LogP contribution in [0.15, 0.2) is 30.3 Å². The number of piperazine rings is 1. The van der Waals surface area contributed by atoms with E-state index < -0.39 is 24.7 Å². The standard InChI is InChI=1S/C16H21F3N4O2/c17-16(18,19)12-20-15(25)21-14(24)11-23-8-6-22(7-9-23)10-13-4-2-1-3-5-13/h1-5H,6-12H2,(H2,20,21,24,25)/p+2. The Morgan fingerprint density at radius 1 is 1.00 bits per heavy atom. The number of halogens is 3. The molecule has 0 unspecified atom stereocenters. The van der Waals surface area contributed by atoms with Crippen LogP contribution in [0.3, 0.4) is 0 Å². The molecule has 0 spiro atoms. The maximum atomic E-state index is 12.0. The molecular formula is C16H23F3N4O2+2. The molecule has 9 heteroatoms. The van der Waals surface area contributed by atoms with Crippen molar-refractivity contribution in [2.45, 2.75) is 12.7 Å². The summed E-state index contributed by atoms with van der Waals surface area (Å²) in [6.45, 7) is 2.91. The van der Waals surface area contributed by atoms with E-state index in [0.29, 0.717) is 0 Å². The second kappa shape index (κ2) is 8.82. The van der Waals surface area contributed by atoms with Crippen molar-refractivity contribution in [1.82, 2.24) is 10.6 Å². The predicted octanol–water partition coefficient (Wildman–Crippen LogP) is -1.64. The third-order valence-electron chi connectivity index (χ3n) is 4.07. The first kappa shape index (κ1) is 19.2. The molecule has 138 valence electrons. The van der Waals surface area contributed by atoms with Crippen LogP contribution in [0.4, 0.5) is 18.0 Å². The summed E-state index contributed by atoms with van der Waals surface area (Å²) in [7, 11) is 0. The summed E-state index contributed by atoms with van der Waals surface area (Å²) in [6.07, 6.45) is -4.50. The van der Waals surface area contributed by atoms with Gasteiger partial charge in [-0.25, -0.2) is 4.79 Å². The van der Waals surface area contributed by atoms with Crippen LogP contribution in [0.5, 0.6) is 0 Å². The van der Waals surface area contributed by atoms with Crippen LogP contribution in [-0.2, 0) is 11.3 Å². The number of quaternary nitrogens is 2. The molecule has 1 fully saturated rings. The van der Waals surface area contributed by atoms with Gasteiger partial charge in [0.15, 0.2) is 6.54 Å². The smallest absolute Gasteiger partial charge is 0.329 e. The maximum absolute atomic E-state index is 12.0. The number of urea groups is 1. The number of alkyl halides is 3. The monoisotopic (exact) mass is 360 g/mol. The Morgan fingerprint density at radius 2 is 1.60 bits per heavy atom. The largest absolute Gasteiger partial charge is 0.405 e. The molecule has 1 heterocycles. The van der Waals surface area contributed by atoms with Gasteiger partial charge >= 0.3 is 12.2 Å². The number of rotatable bonds is 5. The molecule has 0 aliphatic carbocycles. The molecule has 0 radical (unpaired) electrons. The molecule has 25 heavy (non-hydrogen) atoms. The highest BCUT2D eigenvalue weighted by molar-refractivity contribution is 5.94. The van der Waals surface area contributed by atoms with Crippen LogP contribution in [0.25, 0.3) is 0 Å². The van der Waals surface area contributed by atoms with E-state index in [1.54, 1.807) is 5.32 Å². The highest BCUT2D eigenvalue weighted by atomic mass is 19.4. The Morgan fingerprint density at radius 3 is 2.20 bits per heavy atom. The molecule has 6 nitrogen and oxygen atoms in total. The minimum absolute atomic E-state index is 0.0814. The number of hydrogen-bond donors (Lipinski definition) is 4. The lowest BCUT2D eigenvalue weighted by Crippen LogP contribution is -3.28. The summed E-state index contributed by atoms with van der Waals surface area (Å²) >= 11 is 0. The first-order chi connectivity index (χ1) is 11.8. The van der Waals surface area contributed by atoms with Crippen LogP contribution in [0.2, 0.25) is 0 Å². The van der Waals surface area contributed by atoms with Crippen LogP contribution < -0.4 is 20.4 Å². The molecule has 0 aromatic heterocycles. The molecule has 2 rings (SSSR count). The summed E-state index contributed by atoms with van der Waals surface area (Å²) < 4.78 is 36.0. The van der Waals surface area contributed by atoms with E-state index in [-0.39, 0.29) is 6.54 Å². The van der Waals surface area contributed by atoms with Crippen LogP contribution in [-0.4, -0.2) is 57.4 Å². The van der Waals surface area contributed by atoms with Gasteiger partial charge < -0.3 is 15.1 Å². The molecule has 1 aliphatic heterocycles. The van der Waals surface area contributed by atoms with E-state index >= 15 is 0 Å². The number of benzene rings is 1. The van der Waals surface area contributed by atoms with Crippen molar-refractivity contribution < 1.29 is 32.6 Å². The zero-order valence-corrected chi connectivity index (χ0v) is 13.8. The highest BCUT2D eigenvalue weighted by Gasteiger charge is 2.29. The third kappa shape index (κ3) is 7.53. The number of hydrogen-bond acceptors (Lipinski definition) is 2. The topological polar surface area (TPSA) is 67.1 Å². The van der Waals surface area contributed by atoms with Gasteiger partial charge in [0.25, 0.3) is 5.91 Å². The van der Waals surface area contributed by atoms with Gasteiger partial charge in [0.2, 0.25) is 0 Å². The fraction of sp³-hybridized carbons (Fsp3) is 0.500. The highest BCUT2D eigenvalue weighted by Crippen LogP contribution is 2.11. The summed E-state index contributed by atoms with van der Waals surface area (Å²) in [5.74, 6) is -0.568. The van der Waals surface area contributed by atoms with Gasteiger partial charge in [-0.3, -0.25) is 10.1 Å². The summed E-state index contributed by atoms with van der Waals surface area (Å²) in [4.78, 5) is 25.4. The van der Waals surface area contributed by atoms with Gasteiger partial charge in [0, 0.05) is 5.56 Å². The SMILES string of the molecule is O=C(C[NH+]1CC[NH+](Cc2ccccc2)CC1)NC(=O)NCC(F)(F)F. The number of imide groups is 1. The molecule has 0 saturated carbocycles. The van der Waals surface area contributed by atoms with Crippen LogP contribution >= 0.6 is 0 Å². The maximum Gasteiger partial charge on any atom is 0.405 e. The van der Waals surface area contributed by atoms with Crippen LogP contribution in [0.1, 0.15) is 5.56 Å². The molecule has 1 saturated heterocycles. The van der Waals surface area contributed by atoms with Gasteiger partial charge in [-0.2, -0.15) is 13.2 Å². The van der Waals surface area contributed by atoms with Crippen molar-refractivity contribution in [2.24, 2.45) is 0 Å². The van der Waals surface area contributed by atoms with Gasteiger partial charge in [0.1, 0.15) is 39.3 Å².